The Labute approximate surface area is 180 Å². The standard InChI is InChI=1S/C23H23ClFN5/c24-18-3-1-2-16(21(18)25)23(27)17-13-19(26)15(12-20(17)28-14-29-23)4-5-22-6-9-30(10-7-22)11-8-22/h1-3,12-14H,6-11,26-27H2,(H,28,29). The normalized spacial score (nSPS) is 29.0. The lowest BCUT2D eigenvalue weighted by molar-refractivity contribution is 0.0680. The molecule has 0 saturated carbocycles. The van der Waals surface area contributed by atoms with Gasteiger partial charge in [0.2, 0.25) is 0 Å². The van der Waals surface area contributed by atoms with Gasteiger partial charge in [0.1, 0.15) is 11.5 Å². The van der Waals surface area contributed by atoms with E-state index in [9.17, 15) is 4.39 Å². The molecule has 30 heavy (non-hydrogen) atoms. The second-order valence-electron chi connectivity index (χ2n) is 8.39. The third kappa shape index (κ3) is 3.05. The molecule has 0 aromatic heterocycles. The molecule has 0 radical (unpaired) electrons. The molecule has 0 spiro atoms. The van der Waals surface area contributed by atoms with Crippen LogP contribution in [0.4, 0.5) is 15.8 Å². The van der Waals surface area contributed by atoms with Crippen LogP contribution in [0.3, 0.4) is 0 Å². The number of fused-ring (bicyclic) bond motifs is 4. The van der Waals surface area contributed by atoms with Crippen molar-refractivity contribution in [3.63, 3.8) is 0 Å². The average molecular weight is 424 g/mol. The van der Waals surface area contributed by atoms with Gasteiger partial charge in [-0.3, -0.25) is 0 Å². The number of piperidine rings is 3. The molecule has 4 aliphatic heterocycles. The number of hydrogen-bond donors (Lipinski definition) is 3. The number of nitrogens with two attached hydrogens (primary N) is 2. The quantitative estimate of drug-likeness (QED) is 0.485. The Morgan fingerprint density at radius 3 is 2.60 bits per heavy atom. The SMILES string of the molecule is Nc1cc2c(cc1C#CC13CCN(CC1)CC3)N=CNC2(N)c1cccc(Cl)c1F. The van der Waals surface area contributed by atoms with E-state index in [1.54, 1.807) is 18.2 Å². The monoisotopic (exact) mass is 423 g/mol. The maximum atomic E-state index is 14.8. The van der Waals surface area contributed by atoms with Crippen molar-refractivity contribution >= 4 is 29.3 Å². The summed E-state index contributed by atoms with van der Waals surface area (Å²) in [5, 5.41) is 2.99. The van der Waals surface area contributed by atoms with Gasteiger partial charge >= 0.3 is 0 Å². The number of nitrogens with zero attached hydrogens (tertiary/aromatic N) is 2. The van der Waals surface area contributed by atoms with Gasteiger partial charge in [0.05, 0.1) is 17.0 Å². The van der Waals surface area contributed by atoms with E-state index in [1.807, 2.05) is 6.07 Å². The molecule has 1 atom stereocenters. The van der Waals surface area contributed by atoms with Crippen molar-refractivity contribution in [3.8, 4) is 11.8 Å². The van der Waals surface area contributed by atoms with E-state index < -0.39 is 11.5 Å². The highest BCUT2D eigenvalue weighted by molar-refractivity contribution is 6.30. The lowest BCUT2D eigenvalue weighted by Crippen LogP contribution is -2.52. The van der Waals surface area contributed by atoms with E-state index in [1.165, 1.54) is 12.4 Å². The maximum absolute atomic E-state index is 14.8. The minimum absolute atomic E-state index is 0.0106. The van der Waals surface area contributed by atoms with E-state index in [0.29, 0.717) is 16.9 Å². The number of hydrogen-bond acceptors (Lipinski definition) is 5. The lowest BCUT2D eigenvalue weighted by atomic mass is 9.72. The summed E-state index contributed by atoms with van der Waals surface area (Å²) in [5.74, 6) is 6.27. The maximum Gasteiger partial charge on any atom is 0.149 e. The summed E-state index contributed by atoms with van der Waals surface area (Å²) in [6.07, 6.45) is 4.79. The first kappa shape index (κ1) is 19.4. The van der Waals surface area contributed by atoms with Crippen LogP contribution >= 0.6 is 11.6 Å². The fraction of sp³-hybridized carbons (Fsp3) is 0.348. The van der Waals surface area contributed by atoms with Gasteiger partial charge in [-0.2, -0.15) is 0 Å². The molecule has 6 rings (SSSR count). The molecule has 1 unspecified atom stereocenters. The van der Waals surface area contributed by atoms with Gasteiger partial charge in [-0.05, 0) is 57.1 Å². The molecule has 5 nitrogen and oxygen atoms in total. The number of benzene rings is 2. The summed E-state index contributed by atoms with van der Waals surface area (Å²) in [6.45, 7) is 3.35. The molecule has 2 aromatic rings. The molecular weight excluding hydrogens is 401 g/mol. The van der Waals surface area contributed by atoms with Crippen molar-refractivity contribution in [2.75, 3.05) is 25.4 Å². The highest BCUT2D eigenvalue weighted by Gasteiger charge is 2.39. The average Bonchev–Trinajstić information content (AvgIpc) is 2.76. The van der Waals surface area contributed by atoms with E-state index in [4.69, 9.17) is 23.1 Å². The van der Waals surface area contributed by atoms with Crippen molar-refractivity contribution in [2.24, 2.45) is 16.1 Å². The van der Waals surface area contributed by atoms with Crippen LogP contribution in [0.25, 0.3) is 0 Å². The zero-order chi connectivity index (χ0) is 20.9. The molecule has 7 heteroatoms. The van der Waals surface area contributed by atoms with Crippen molar-refractivity contribution in [2.45, 2.75) is 24.9 Å². The summed E-state index contributed by atoms with van der Waals surface area (Å²) in [4.78, 5) is 6.90. The van der Waals surface area contributed by atoms with E-state index in [2.05, 4.69) is 27.0 Å². The molecule has 4 heterocycles. The van der Waals surface area contributed by atoms with Crippen molar-refractivity contribution in [1.29, 1.82) is 0 Å². The van der Waals surface area contributed by atoms with Gasteiger partial charge in [-0.25, -0.2) is 9.38 Å². The van der Waals surface area contributed by atoms with Crippen LogP contribution < -0.4 is 16.8 Å². The van der Waals surface area contributed by atoms with Crippen molar-refractivity contribution < 1.29 is 4.39 Å². The Balaban J connectivity index is 1.55. The second-order valence-corrected chi connectivity index (χ2v) is 8.80. The number of anilines is 1. The summed E-state index contributed by atoms with van der Waals surface area (Å²) < 4.78 is 14.8. The Kier molecular flexibility index (Phi) is 4.51. The minimum atomic E-state index is -1.33. The van der Waals surface area contributed by atoms with Crippen molar-refractivity contribution in [3.05, 3.63) is 57.9 Å². The number of nitrogens with one attached hydrogen (secondary N) is 1. The third-order valence-electron chi connectivity index (χ3n) is 6.65. The van der Waals surface area contributed by atoms with Crippen LogP contribution in [0.1, 0.15) is 36.0 Å². The number of halogens is 2. The van der Waals surface area contributed by atoms with Crippen LogP contribution in [0.15, 0.2) is 35.3 Å². The van der Waals surface area contributed by atoms with E-state index >= 15 is 0 Å². The van der Waals surface area contributed by atoms with Gasteiger partial charge < -0.3 is 21.7 Å². The largest absolute Gasteiger partial charge is 0.398 e. The molecular formula is C23H23ClFN5. The molecule has 0 amide bonds. The van der Waals surface area contributed by atoms with Crippen LogP contribution in [-0.4, -0.2) is 30.9 Å². The van der Waals surface area contributed by atoms with Gasteiger partial charge in [0, 0.05) is 27.8 Å². The molecule has 4 aliphatic rings. The molecule has 2 aromatic carbocycles. The fourth-order valence-electron chi connectivity index (χ4n) is 4.66. The number of rotatable bonds is 1. The smallest absolute Gasteiger partial charge is 0.149 e. The highest BCUT2D eigenvalue weighted by Crippen LogP contribution is 2.41. The zero-order valence-electron chi connectivity index (χ0n) is 16.5. The zero-order valence-corrected chi connectivity index (χ0v) is 17.3. The summed E-state index contributed by atoms with van der Waals surface area (Å²) >= 11 is 5.99. The van der Waals surface area contributed by atoms with Gasteiger partial charge in [-0.1, -0.05) is 35.6 Å². The number of nitrogen functional groups attached to an aromatic ring is 1. The topological polar surface area (TPSA) is 79.7 Å². The third-order valence-corrected chi connectivity index (χ3v) is 6.94. The fourth-order valence-corrected chi connectivity index (χ4v) is 4.84. The molecule has 3 saturated heterocycles. The Bertz CT molecular complexity index is 1100. The molecule has 0 aliphatic carbocycles. The highest BCUT2D eigenvalue weighted by atomic mass is 35.5. The van der Waals surface area contributed by atoms with E-state index in [-0.39, 0.29) is 16.0 Å². The molecule has 2 bridgehead atoms. The second kappa shape index (κ2) is 6.98. The first-order chi connectivity index (χ1) is 14.4. The minimum Gasteiger partial charge on any atom is -0.398 e. The van der Waals surface area contributed by atoms with E-state index in [0.717, 1.165) is 44.5 Å². The van der Waals surface area contributed by atoms with Gasteiger partial charge in [0.15, 0.2) is 0 Å². The first-order valence-corrected chi connectivity index (χ1v) is 10.5. The lowest BCUT2D eigenvalue weighted by Gasteiger charge is -2.45. The summed E-state index contributed by atoms with van der Waals surface area (Å²) in [6, 6.07) is 8.35. The van der Waals surface area contributed by atoms with Crippen LogP contribution in [0.5, 0.6) is 0 Å². The molecule has 154 valence electrons. The Hall–Kier alpha value is -2.59. The van der Waals surface area contributed by atoms with Crippen LogP contribution in [0, 0.1) is 23.1 Å². The van der Waals surface area contributed by atoms with Gasteiger partial charge in [-0.15, -0.1) is 0 Å². The summed E-state index contributed by atoms with van der Waals surface area (Å²) in [7, 11) is 0. The summed E-state index contributed by atoms with van der Waals surface area (Å²) in [5.41, 5.74) is 14.4. The number of aliphatic imine (C=N–C) groups is 1. The predicted octanol–water partition coefficient (Wildman–Crippen LogP) is 3.32. The Morgan fingerprint density at radius 1 is 1.13 bits per heavy atom. The van der Waals surface area contributed by atoms with Gasteiger partial charge in [0.25, 0.3) is 0 Å². The van der Waals surface area contributed by atoms with Crippen LogP contribution in [-0.2, 0) is 5.66 Å². The molecule has 5 N–H and O–H groups in total. The Morgan fingerprint density at radius 2 is 1.87 bits per heavy atom. The first-order valence-electron chi connectivity index (χ1n) is 10.1. The molecule has 3 fully saturated rings. The van der Waals surface area contributed by atoms with Crippen molar-refractivity contribution in [1.82, 2.24) is 10.2 Å². The van der Waals surface area contributed by atoms with Crippen LogP contribution in [0.2, 0.25) is 5.02 Å². The predicted molar refractivity (Wildman–Crippen MR) is 118 cm³/mol.